The molecule has 2 aromatic carbocycles. The summed E-state index contributed by atoms with van der Waals surface area (Å²) in [5, 5.41) is 20.6. The molecular formula is C17H12N2O3. The van der Waals surface area contributed by atoms with Crippen molar-refractivity contribution >= 4 is 28.1 Å². The maximum absolute atomic E-state index is 12.6. The van der Waals surface area contributed by atoms with E-state index >= 15 is 0 Å². The van der Waals surface area contributed by atoms with Crippen molar-refractivity contribution in [1.29, 1.82) is 0 Å². The lowest BCUT2D eigenvalue weighted by molar-refractivity contribution is 0.106. The van der Waals surface area contributed by atoms with Gasteiger partial charge < -0.3 is 10.2 Å². The highest BCUT2D eigenvalue weighted by Gasteiger charge is 2.30. The molecule has 1 aliphatic rings. The fraction of sp³-hybridized carbons (Fsp3) is 0.0588. The zero-order valence-electron chi connectivity index (χ0n) is 11.5. The molecule has 0 amide bonds. The van der Waals surface area contributed by atoms with Crippen molar-refractivity contribution in [2.24, 2.45) is 4.99 Å². The summed E-state index contributed by atoms with van der Waals surface area (Å²) in [4.78, 5) is 17.0. The molecule has 2 N–H and O–H groups in total. The minimum absolute atomic E-state index is 0.149. The van der Waals surface area contributed by atoms with Gasteiger partial charge in [-0.3, -0.25) is 9.36 Å². The Kier molecular flexibility index (Phi) is 2.64. The van der Waals surface area contributed by atoms with Crippen LogP contribution >= 0.6 is 0 Å². The number of fused-ring (bicyclic) bond motifs is 2. The molecule has 2 heterocycles. The van der Waals surface area contributed by atoms with Gasteiger partial charge in [0.05, 0.1) is 16.8 Å². The summed E-state index contributed by atoms with van der Waals surface area (Å²) < 4.78 is 1.35. The van der Waals surface area contributed by atoms with Gasteiger partial charge in [0.15, 0.2) is 0 Å². The Morgan fingerprint density at radius 1 is 1.05 bits per heavy atom. The number of aliphatic hydroxyl groups excluding tert-OH is 1. The predicted molar refractivity (Wildman–Crippen MR) is 82.8 cm³/mol. The van der Waals surface area contributed by atoms with E-state index in [1.807, 2.05) is 18.2 Å². The van der Waals surface area contributed by atoms with Gasteiger partial charge in [0.2, 0.25) is 11.7 Å². The predicted octanol–water partition coefficient (Wildman–Crippen LogP) is 2.61. The maximum Gasteiger partial charge on any atom is 0.214 e. The van der Waals surface area contributed by atoms with Gasteiger partial charge in [-0.2, -0.15) is 0 Å². The second kappa shape index (κ2) is 4.54. The zero-order valence-corrected chi connectivity index (χ0v) is 11.5. The van der Waals surface area contributed by atoms with E-state index in [0.29, 0.717) is 27.7 Å². The number of hydrogen-bond donors (Lipinski definition) is 2. The number of aliphatic imine (C=N–C) groups is 1. The van der Waals surface area contributed by atoms with Crippen molar-refractivity contribution in [3.05, 3.63) is 59.7 Å². The third-order valence-electron chi connectivity index (χ3n) is 3.92. The number of para-hydroxylation sites is 2. The summed E-state index contributed by atoms with van der Waals surface area (Å²) in [6.45, 7) is -0.374. The monoisotopic (exact) mass is 292 g/mol. The van der Waals surface area contributed by atoms with Gasteiger partial charge in [-0.05, 0) is 18.2 Å². The highest BCUT2D eigenvalue weighted by atomic mass is 16.3. The fourth-order valence-corrected chi connectivity index (χ4v) is 2.90. The summed E-state index contributed by atoms with van der Waals surface area (Å²) in [6.07, 6.45) is 0. The first-order chi connectivity index (χ1) is 10.7. The van der Waals surface area contributed by atoms with Crippen molar-refractivity contribution in [3.8, 4) is 5.88 Å². The number of Topliss-reactive ketones (excluding diaryl/α,β-unsaturated/α-hetero) is 1. The van der Waals surface area contributed by atoms with Crippen molar-refractivity contribution < 1.29 is 15.0 Å². The number of ketones is 1. The summed E-state index contributed by atoms with van der Waals surface area (Å²) in [5.41, 5.74) is 2.36. The Hall–Kier alpha value is -2.92. The van der Waals surface area contributed by atoms with Crippen LogP contribution in [0.15, 0.2) is 53.5 Å². The van der Waals surface area contributed by atoms with Crippen molar-refractivity contribution in [2.75, 3.05) is 0 Å². The smallest absolute Gasteiger partial charge is 0.214 e. The number of aromatic hydroxyl groups is 1. The van der Waals surface area contributed by atoms with E-state index in [0.717, 1.165) is 0 Å². The topological polar surface area (TPSA) is 74.8 Å². The second-order valence-electron chi connectivity index (χ2n) is 5.09. The van der Waals surface area contributed by atoms with Gasteiger partial charge in [-0.15, -0.1) is 0 Å². The number of aromatic nitrogens is 1. The molecule has 1 aromatic heterocycles. The Morgan fingerprint density at radius 3 is 2.55 bits per heavy atom. The third kappa shape index (κ3) is 1.57. The SMILES string of the molecule is O=C1C(c2c(O)n(CO)c3ccccc23)=Nc2ccccc21. The molecule has 0 unspecified atom stereocenters. The standard InChI is InChI=1S/C17H12N2O3/c20-9-19-13-8-4-2-6-11(13)14(17(19)22)15-16(21)10-5-1-3-7-12(10)18-15/h1-8,20,22H,9H2. The number of carbonyl (C=O) groups is 1. The summed E-state index contributed by atoms with van der Waals surface area (Å²) in [6, 6.07) is 14.3. The van der Waals surface area contributed by atoms with Crippen LogP contribution in [0.5, 0.6) is 5.88 Å². The molecule has 108 valence electrons. The van der Waals surface area contributed by atoms with Crippen LogP contribution < -0.4 is 0 Å². The van der Waals surface area contributed by atoms with Gasteiger partial charge in [-0.1, -0.05) is 30.3 Å². The second-order valence-corrected chi connectivity index (χ2v) is 5.09. The lowest BCUT2D eigenvalue weighted by atomic mass is 10.0. The van der Waals surface area contributed by atoms with E-state index in [2.05, 4.69) is 4.99 Å². The molecule has 0 spiro atoms. The molecule has 0 radical (unpaired) electrons. The van der Waals surface area contributed by atoms with Crippen LogP contribution in [-0.2, 0) is 6.73 Å². The lowest BCUT2D eigenvalue weighted by Crippen LogP contribution is -2.11. The molecule has 5 heteroatoms. The van der Waals surface area contributed by atoms with Crippen LogP contribution in [0.1, 0.15) is 15.9 Å². The lowest BCUT2D eigenvalue weighted by Gasteiger charge is -2.02. The van der Waals surface area contributed by atoms with E-state index in [1.54, 1.807) is 30.3 Å². The van der Waals surface area contributed by atoms with E-state index in [1.165, 1.54) is 4.57 Å². The highest BCUT2D eigenvalue weighted by Crippen LogP contribution is 2.36. The van der Waals surface area contributed by atoms with E-state index < -0.39 is 0 Å². The third-order valence-corrected chi connectivity index (χ3v) is 3.92. The Balaban J connectivity index is 2.01. The largest absolute Gasteiger partial charge is 0.494 e. The number of rotatable bonds is 2. The molecule has 5 nitrogen and oxygen atoms in total. The number of benzene rings is 2. The van der Waals surface area contributed by atoms with Crippen molar-refractivity contribution in [2.45, 2.75) is 6.73 Å². The van der Waals surface area contributed by atoms with Crippen LogP contribution in [0.4, 0.5) is 5.69 Å². The van der Waals surface area contributed by atoms with Crippen molar-refractivity contribution in [1.82, 2.24) is 4.57 Å². The minimum atomic E-state index is -0.374. The fourth-order valence-electron chi connectivity index (χ4n) is 2.90. The molecule has 0 fully saturated rings. The van der Waals surface area contributed by atoms with Crippen molar-refractivity contribution in [3.63, 3.8) is 0 Å². The van der Waals surface area contributed by atoms with Gasteiger partial charge in [0.25, 0.3) is 0 Å². The first kappa shape index (κ1) is 12.8. The van der Waals surface area contributed by atoms with Gasteiger partial charge in [0, 0.05) is 10.9 Å². The van der Waals surface area contributed by atoms with Gasteiger partial charge in [-0.25, -0.2) is 4.99 Å². The Morgan fingerprint density at radius 2 is 1.77 bits per heavy atom. The number of hydrogen-bond acceptors (Lipinski definition) is 4. The van der Waals surface area contributed by atoms with E-state index in [-0.39, 0.29) is 24.1 Å². The first-order valence-electron chi connectivity index (χ1n) is 6.86. The first-order valence-corrected chi connectivity index (χ1v) is 6.86. The van der Waals surface area contributed by atoms with E-state index in [9.17, 15) is 15.0 Å². The Bertz CT molecular complexity index is 954. The average Bonchev–Trinajstić information content (AvgIpc) is 3.01. The average molecular weight is 292 g/mol. The molecule has 0 atom stereocenters. The molecule has 0 saturated carbocycles. The zero-order chi connectivity index (χ0) is 15.3. The van der Waals surface area contributed by atoms with Crippen LogP contribution in [0.25, 0.3) is 10.9 Å². The quantitative estimate of drug-likeness (QED) is 0.762. The molecule has 22 heavy (non-hydrogen) atoms. The normalized spacial score (nSPS) is 13.5. The molecular weight excluding hydrogens is 280 g/mol. The van der Waals surface area contributed by atoms with Crippen LogP contribution in [0.3, 0.4) is 0 Å². The summed E-state index contributed by atoms with van der Waals surface area (Å²) >= 11 is 0. The highest BCUT2D eigenvalue weighted by molar-refractivity contribution is 6.56. The molecule has 1 aliphatic heterocycles. The van der Waals surface area contributed by atoms with Gasteiger partial charge in [0.1, 0.15) is 12.4 Å². The molecule has 0 bridgehead atoms. The number of carbonyl (C=O) groups excluding carboxylic acids is 1. The molecule has 0 aliphatic carbocycles. The summed E-state index contributed by atoms with van der Waals surface area (Å²) in [5.74, 6) is -0.365. The summed E-state index contributed by atoms with van der Waals surface area (Å²) in [7, 11) is 0. The molecule has 4 rings (SSSR count). The number of nitrogens with zero attached hydrogens (tertiary/aromatic N) is 2. The van der Waals surface area contributed by atoms with Crippen LogP contribution in [-0.4, -0.2) is 26.3 Å². The Labute approximate surface area is 125 Å². The molecule has 0 saturated heterocycles. The van der Waals surface area contributed by atoms with Crippen LogP contribution in [0.2, 0.25) is 0 Å². The minimum Gasteiger partial charge on any atom is -0.494 e. The van der Waals surface area contributed by atoms with Crippen LogP contribution in [0, 0.1) is 0 Å². The van der Waals surface area contributed by atoms with Gasteiger partial charge >= 0.3 is 0 Å². The number of aliphatic hydroxyl groups is 1. The maximum atomic E-state index is 12.6. The van der Waals surface area contributed by atoms with E-state index in [4.69, 9.17) is 0 Å². The molecule has 3 aromatic rings.